The highest BCUT2D eigenvalue weighted by molar-refractivity contribution is 5.89. The zero-order valence-electron chi connectivity index (χ0n) is 26.6. The van der Waals surface area contributed by atoms with Crippen molar-refractivity contribution in [2.24, 2.45) is 44.3 Å². The van der Waals surface area contributed by atoms with Crippen LogP contribution in [0.4, 0.5) is 0 Å². The molecule has 0 radical (unpaired) electrons. The fourth-order valence-electron chi connectivity index (χ4n) is 10.3. The smallest absolute Gasteiger partial charge is 0.305 e. The van der Waals surface area contributed by atoms with Crippen LogP contribution in [0.1, 0.15) is 139 Å². The average Bonchev–Trinajstić information content (AvgIpc) is 2.83. The van der Waals surface area contributed by atoms with Crippen molar-refractivity contribution in [3.05, 3.63) is 11.6 Å². The molecule has 6 atom stereocenters. The molecular weight excluding hydrogens is 484 g/mol. The normalized spacial score (nSPS) is 42.4. The van der Waals surface area contributed by atoms with E-state index in [1.165, 1.54) is 24.8 Å². The first kappa shape index (κ1) is 30.5. The first-order chi connectivity index (χ1) is 17.9. The number of hydrogen-bond acceptors (Lipinski definition) is 4. The van der Waals surface area contributed by atoms with Crippen LogP contribution in [0.15, 0.2) is 11.6 Å². The molecule has 0 aromatic rings. The Kier molecular flexibility index (Phi) is 7.92. The van der Waals surface area contributed by atoms with Crippen molar-refractivity contribution in [1.29, 1.82) is 0 Å². The maximum absolute atomic E-state index is 13.1. The topological polar surface area (TPSA) is 60.4 Å². The fourth-order valence-corrected chi connectivity index (χ4v) is 10.3. The van der Waals surface area contributed by atoms with Gasteiger partial charge in [0, 0.05) is 18.3 Å². The Balaban J connectivity index is 1.71. The van der Waals surface area contributed by atoms with Gasteiger partial charge in [-0.05, 0) is 123 Å². The van der Waals surface area contributed by atoms with Crippen LogP contribution < -0.4 is 0 Å². The molecule has 0 saturated heterocycles. The third kappa shape index (κ3) is 5.09. The van der Waals surface area contributed by atoms with E-state index in [2.05, 4.69) is 48.5 Å². The van der Waals surface area contributed by atoms with Crippen LogP contribution in [0.5, 0.6) is 0 Å². The van der Waals surface area contributed by atoms with Crippen LogP contribution in [0.25, 0.3) is 0 Å². The lowest BCUT2D eigenvalue weighted by molar-refractivity contribution is -0.149. The molecule has 4 aliphatic rings. The van der Waals surface area contributed by atoms with Gasteiger partial charge >= 0.3 is 5.97 Å². The fraction of sp³-hybridized carbons (Fsp3) is 0.857. The van der Waals surface area contributed by atoms with E-state index < -0.39 is 0 Å². The number of carbonyl (C=O) groups excluding carboxylic acids is 3. The monoisotopic (exact) mass is 540 g/mol. The molecule has 0 bridgehead atoms. The molecule has 220 valence electrons. The number of ether oxygens (including phenoxy) is 1. The van der Waals surface area contributed by atoms with E-state index in [0.29, 0.717) is 36.6 Å². The van der Waals surface area contributed by atoms with Crippen LogP contribution in [0, 0.1) is 44.3 Å². The van der Waals surface area contributed by atoms with E-state index in [0.717, 1.165) is 44.9 Å². The lowest BCUT2D eigenvalue weighted by Gasteiger charge is -2.66. The zero-order chi connectivity index (χ0) is 29.1. The van der Waals surface area contributed by atoms with E-state index in [-0.39, 0.29) is 44.7 Å². The second kappa shape index (κ2) is 10.1. The number of carbonyl (C=O) groups is 3. The Morgan fingerprint density at radius 2 is 1.59 bits per heavy atom. The van der Waals surface area contributed by atoms with Gasteiger partial charge in [0.25, 0.3) is 0 Å². The van der Waals surface area contributed by atoms with Crippen molar-refractivity contribution in [3.8, 4) is 0 Å². The minimum atomic E-state index is -0.354. The van der Waals surface area contributed by atoms with Crippen LogP contribution in [0.3, 0.4) is 0 Å². The summed E-state index contributed by atoms with van der Waals surface area (Å²) >= 11 is 0. The predicted molar refractivity (Wildman–Crippen MR) is 157 cm³/mol. The summed E-state index contributed by atoms with van der Waals surface area (Å²) in [5.74, 6) is 1.31. The van der Waals surface area contributed by atoms with Crippen molar-refractivity contribution in [2.45, 2.75) is 139 Å². The van der Waals surface area contributed by atoms with Crippen molar-refractivity contribution in [2.75, 3.05) is 6.61 Å². The second-order valence-corrected chi connectivity index (χ2v) is 16.2. The van der Waals surface area contributed by atoms with Gasteiger partial charge in [-0.3, -0.25) is 14.4 Å². The van der Waals surface area contributed by atoms with E-state index in [1.807, 2.05) is 13.0 Å². The lowest BCUT2D eigenvalue weighted by atomic mass is 9.38. The van der Waals surface area contributed by atoms with Gasteiger partial charge in [-0.15, -0.1) is 0 Å². The van der Waals surface area contributed by atoms with Gasteiger partial charge in [-0.2, -0.15) is 0 Å². The maximum atomic E-state index is 13.1. The summed E-state index contributed by atoms with van der Waals surface area (Å²) in [5.41, 5.74) is 1.34. The number of rotatable bonds is 6. The molecule has 39 heavy (non-hydrogen) atoms. The Bertz CT molecular complexity index is 1040. The third-order valence-electron chi connectivity index (χ3n) is 13.0. The van der Waals surface area contributed by atoms with Crippen molar-refractivity contribution in [1.82, 2.24) is 0 Å². The van der Waals surface area contributed by atoms with Crippen LogP contribution in [-0.4, -0.2) is 24.1 Å². The van der Waals surface area contributed by atoms with E-state index >= 15 is 0 Å². The van der Waals surface area contributed by atoms with Crippen LogP contribution in [-0.2, 0) is 19.1 Å². The minimum Gasteiger partial charge on any atom is -0.466 e. The summed E-state index contributed by atoms with van der Waals surface area (Å²) in [5, 5.41) is 0. The van der Waals surface area contributed by atoms with Gasteiger partial charge in [0.1, 0.15) is 5.78 Å². The molecule has 0 aliphatic heterocycles. The number of esters is 1. The number of ketones is 2. The van der Waals surface area contributed by atoms with Gasteiger partial charge in [-0.1, -0.05) is 54.0 Å². The lowest BCUT2D eigenvalue weighted by Crippen LogP contribution is -2.59. The summed E-state index contributed by atoms with van der Waals surface area (Å²) in [7, 11) is 0. The van der Waals surface area contributed by atoms with Gasteiger partial charge in [0.15, 0.2) is 5.78 Å². The number of allylic oxidation sites excluding steroid dienone is 2. The zero-order valence-corrected chi connectivity index (χ0v) is 26.6. The standard InChI is InChI=1S/C35H56O4/c1-10-39-29(38)13-16-35-19-17-30(3,4)22-25(35)23-32(7,18-20-35)34(9)15-11-26-31(5,6)28(37)12-14-33(26,8)27(34)21-24(2)36/h21,25-26H,10-20,22-23H2,1-9H3/b27-21-/t25?,26-,32+,33-,34+,35+/m0/s1. The Morgan fingerprint density at radius 3 is 2.23 bits per heavy atom. The molecule has 4 rings (SSSR count). The Hall–Kier alpha value is -1.45. The summed E-state index contributed by atoms with van der Waals surface area (Å²) in [6.45, 7) is 20.5. The highest BCUT2D eigenvalue weighted by atomic mass is 16.5. The van der Waals surface area contributed by atoms with Crippen LogP contribution in [0.2, 0.25) is 0 Å². The van der Waals surface area contributed by atoms with Crippen molar-refractivity contribution < 1.29 is 19.1 Å². The molecule has 0 N–H and O–H groups in total. The number of Topliss-reactive ketones (excluding diaryl/α,β-unsaturated/α-hetero) is 1. The van der Waals surface area contributed by atoms with E-state index in [4.69, 9.17) is 4.74 Å². The number of hydrogen-bond donors (Lipinski definition) is 0. The molecule has 0 heterocycles. The first-order valence-corrected chi connectivity index (χ1v) is 15.9. The largest absolute Gasteiger partial charge is 0.466 e. The van der Waals surface area contributed by atoms with E-state index in [1.54, 1.807) is 6.92 Å². The summed E-state index contributed by atoms with van der Waals surface area (Å²) in [4.78, 5) is 38.3. The predicted octanol–water partition coefficient (Wildman–Crippen LogP) is 8.66. The van der Waals surface area contributed by atoms with Crippen LogP contribution >= 0.6 is 0 Å². The average molecular weight is 541 g/mol. The second-order valence-electron chi connectivity index (χ2n) is 16.2. The Morgan fingerprint density at radius 1 is 0.923 bits per heavy atom. The maximum Gasteiger partial charge on any atom is 0.305 e. The molecule has 0 aromatic heterocycles. The molecule has 0 aromatic carbocycles. The molecule has 0 spiro atoms. The molecular formula is C35H56O4. The molecule has 0 amide bonds. The Labute approximate surface area is 238 Å². The number of fused-ring (bicyclic) bond motifs is 2. The van der Waals surface area contributed by atoms with Gasteiger partial charge in [0.05, 0.1) is 6.61 Å². The van der Waals surface area contributed by atoms with Gasteiger partial charge < -0.3 is 4.74 Å². The summed E-state index contributed by atoms with van der Waals surface area (Å²) in [6, 6.07) is 0. The van der Waals surface area contributed by atoms with E-state index in [9.17, 15) is 14.4 Å². The first-order valence-electron chi connectivity index (χ1n) is 15.9. The minimum absolute atomic E-state index is 0.0526. The molecule has 4 aliphatic carbocycles. The van der Waals surface area contributed by atoms with Gasteiger partial charge in [0.2, 0.25) is 0 Å². The molecule has 4 saturated carbocycles. The quantitative estimate of drug-likeness (QED) is 0.250. The highest BCUT2D eigenvalue weighted by Crippen LogP contribution is 2.72. The molecule has 4 nitrogen and oxygen atoms in total. The summed E-state index contributed by atoms with van der Waals surface area (Å²) in [6.07, 6.45) is 14.0. The van der Waals surface area contributed by atoms with Crippen molar-refractivity contribution >= 4 is 17.5 Å². The molecule has 4 fully saturated rings. The summed E-state index contributed by atoms with van der Waals surface area (Å²) < 4.78 is 5.34. The molecule has 1 unspecified atom stereocenters. The van der Waals surface area contributed by atoms with Gasteiger partial charge in [-0.25, -0.2) is 0 Å². The third-order valence-corrected chi connectivity index (χ3v) is 13.0. The SMILES string of the molecule is CCOC(=O)CC[C@]12CCC(C)(C)CC1C[C@](C)([C@]1(C)CC[C@H]3C(C)(C)C(=O)CC[C@]3(C)/C1=C/C(C)=O)CC2. The van der Waals surface area contributed by atoms with Crippen molar-refractivity contribution in [3.63, 3.8) is 0 Å². The molecule has 4 heteroatoms. The highest BCUT2D eigenvalue weighted by Gasteiger charge is 2.64.